The molecule has 0 amide bonds. The van der Waals surface area contributed by atoms with Gasteiger partial charge in [0.25, 0.3) is 0 Å². The zero-order chi connectivity index (χ0) is 20.7. The van der Waals surface area contributed by atoms with E-state index >= 15 is 0 Å². The van der Waals surface area contributed by atoms with Gasteiger partial charge in [-0.15, -0.1) is 0 Å². The van der Waals surface area contributed by atoms with Gasteiger partial charge < -0.3 is 4.90 Å². The first kappa shape index (κ1) is 27.2. The van der Waals surface area contributed by atoms with Gasteiger partial charge in [-0.25, -0.2) is 0 Å². The molecule has 0 aliphatic rings. The van der Waals surface area contributed by atoms with Crippen LogP contribution in [0.4, 0.5) is 0 Å². The molecule has 0 saturated heterocycles. The Hall–Kier alpha value is -0.820. The van der Waals surface area contributed by atoms with Crippen molar-refractivity contribution in [2.75, 3.05) is 14.1 Å². The van der Waals surface area contributed by atoms with Gasteiger partial charge in [-0.1, -0.05) is 147 Å². The lowest BCUT2D eigenvalue weighted by Gasteiger charge is -2.08. The van der Waals surface area contributed by atoms with Crippen molar-refractivity contribution < 1.29 is 0 Å². The van der Waals surface area contributed by atoms with Gasteiger partial charge in [0.1, 0.15) is 0 Å². The van der Waals surface area contributed by atoms with Crippen molar-refractivity contribution in [3.63, 3.8) is 0 Å². The number of benzene rings is 1. The summed E-state index contributed by atoms with van der Waals surface area (Å²) < 4.78 is 0. The third-order valence-corrected chi connectivity index (χ3v) is 5.30. The van der Waals surface area contributed by atoms with Crippen LogP contribution >= 0.6 is 0 Å². The summed E-state index contributed by atoms with van der Waals surface area (Å²) in [5, 5.41) is 0. The lowest BCUT2D eigenvalue weighted by atomic mass is 10.0. The van der Waals surface area contributed by atoms with Crippen molar-refractivity contribution in [3.05, 3.63) is 35.9 Å². The Morgan fingerprint density at radius 1 is 0.500 bits per heavy atom. The Morgan fingerprint density at radius 2 is 0.821 bits per heavy atom. The van der Waals surface area contributed by atoms with Crippen LogP contribution in [0.25, 0.3) is 0 Å². The Bertz CT molecular complexity index is 369. The first-order valence-corrected chi connectivity index (χ1v) is 12.4. The molecule has 1 heteroatoms. The SMILES string of the molecule is CCCCCCCCCCCCCCCCCC.CN(C)Cc1ccccc1. The van der Waals surface area contributed by atoms with Crippen molar-refractivity contribution in [3.8, 4) is 0 Å². The molecule has 0 atom stereocenters. The summed E-state index contributed by atoms with van der Waals surface area (Å²) >= 11 is 0. The van der Waals surface area contributed by atoms with Crippen LogP contribution in [0.5, 0.6) is 0 Å². The fraction of sp³-hybridized carbons (Fsp3) is 0.778. The topological polar surface area (TPSA) is 3.24 Å². The van der Waals surface area contributed by atoms with E-state index in [4.69, 9.17) is 0 Å². The molecule has 1 nitrogen and oxygen atoms in total. The van der Waals surface area contributed by atoms with Crippen molar-refractivity contribution in [2.45, 2.75) is 123 Å². The predicted octanol–water partition coefficient (Wildman–Crippen LogP) is 9.02. The van der Waals surface area contributed by atoms with Gasteiger partial charge in [0.15, 0.2) is 0 Å². The summed E-state index contributed by atoms with van der Waals surface area (Å²) in [6.45, 7) is 5.62. The van der Waals surface area contributed by atoms with Crippen LogP contribution in [0.3, 0.4) is 0 Å². The van der Waals surface area contributed by atoms with Crippen LogP contribution in [-0.4, -0.2) is 19.0 Å². The number of unbranched alkanes of at least 4 members (excludes halogenated alkanes) is 15. The maximum Gasteiger partial charge on any atom is 0.0227 e. The predicted molar refractivity (Wildman–Crippen MR) is 129 cm³/mol. The molecule has 0 heterocycles. The zero-order valence-electron chi connectivity index (χ0n) is 19.9. The van der Waals surface area contributed by atoms with E-state index in [0.29, 0.717) is 0 Å². The first-order chi connectivity index (χ1) is 13.7. The second-order valence-electron chi connectivity index (χ2n) is 8.67. The van der Waals surface area contributed by atoms with Crippen molar-refractivity contribution >= 4 is 0 Å². The quantitative estimate of drug-likeness (QED) is 0.240. The zero-order valence-corrected chi connectivity index (χ0v) is 19.9. The van der Waals surface area contributed by atoms with Gasteiger partial charge in [0, 0.05) is 6.54 Å². The molecule has 164 valence electrons. The van der Waals surface area contributed by atoms with Gasteiger partial charge in [-0.2, -0.15) is 0 Å². The Kier molecular flexibility index (Phi) is 21.8. The van der Waals surface area contributed by atoms with E-state index in [1.54, 1.807) is 0 Å². The monoisotopic (exact) mass is 389 g/mol. The lowest BCUT2D eigenvalue weighted by molar-refractivity contribution is 0.402. The molecule has 0 bridgehead atoms. The van der Waals surface area contributed by atoms with Crippen molar-refractivity contribution in [2.24, 2.45) is 0 Å². The normalized spacial score (nSPS) is 10.8. The molecule has 1 aromatic carbocycles. The van der Waals surface area contributed by atoms with E-state index < -0.39 is 0 Å². The minimum atomic E-state index is 1.03. The van der Waals surface area contributed by atoms with Crippen LogP contribution < -0.4 is 0 Å². The smallest absolute Gasteiger partial charge is 0.0227 e. The largest absolute Gasteiger partial charge is 0.305 e. The van der Waals surface area contributed by atoms with Crippen LogP contribution in [0.15, 0.2) is 30.3 Å². The standard InChI is InChI=1S/C18H38.C9H13N/c1-3-5-7-9-11-13-15-17-18-16-14-12-10-8-6-4-2;1-10(2)8-9-6-4-3-5-7-9/h3-18H2,1-2H3;3-7H,8H2,1-2H3. The van der Waals surface area contributed by atoms with E-state index in [1.807, 2.05) is 6.07 Å². The summed E-state index contributed by atoms with van der Waals surface area (Å²) in [5.41, 5.74) is 1.37. The highest BCUT2D eigenvalue weighted by molar-refractivity contribution is 5.14. The highest BCUT2D eigenvalue weighted by Gasteiger charge is 1.94. The molecule has 0 N–H and O–H groups in total. The average Bonchev–Trinajstić information content (AvgIpc) is 2.69. The molecule has 0 spiro atoms. The summed E-state index contributed by atoms with van der Waals surface area (Å²) in [6.07, 6.45) is 23.4. The van der Waals surface area contributed by atoms with Gasteiger partial charge in [-0.05, 0) is 19.7 Å². The molecule has 0 saturated carbocycles. The third kappa shape index (κ3) is 21.5. The molecule has 0 radical (unpaired) electrons. The molecule has 0 aliphatic heterocycles. The minimum absolute atomic E-state index is 1.03. The summed E-state index contributed by atoms with van der Waals surface area (Å²) in [5.74, 6) is 0. The maximum atomic E-state index is 2.29. The van der Waals surface area contributed by atoms with E-state index in [0.717, 1.165) is 6.54 Å². The Balaban J connectivity index is 0.000000609. The second-order valence-corrected chi connectivity index (χ2v) is 8.67. The second kappa shape index (κ2) is 22.5. The number of nitrogens with zero attached hydrogens (tertiary/aromatic N) is 1. The third-order valence-electron chi connectivity index (χ3n) is 5.30. The van der Waals surface area contributed by atoms with E-state index in [-0.39, 0.29) is 0 Å². The molecule has 1 aromatic rings. The van der Waals surface area contributed by atoms with Gasteiger partial charge in [0.2, 0.25) is 0 Å². The van der Waals surface area contributed by atoms with Crippen LogP contribution in [0.2, 0.25) is 0 Å². The fourth-order valence-corrected chi connectivity index (χ4v) is 3.57. The lowest BCUT2D eigenvalue weighted by Crippen LogP contribution is -2.10. The van der Waals surface area contributed by atoms with Crippen LogP contribution in [-0.2, 0) is 6.54 Å². The first-order valence-electron chi connectivity index (χ1n) is 12.4. The molecule has 0 aromatic heterocycles. The highest BCUT2D eigenvalue weighted by atomic mass is 15.0. The highest BCUT2D eigenvalue weighted by Crippen LogP contribution is 2.13. The summed E-state index contributed by atoms with van der Waals surface area (Å²) in [7, 11) is 4.15. The number of hydrogen-bond donors (Lipinski definition) is 0. The summed E-state index contributed by atoms with van der Waals surface area (Å²) in [6, 6.07) is 10.5. The summed E-state index contributed by atoms with van der Waals surface area (Å²) in [4.78, 5) is 2.16. The average molecular weight is 390 g/mol. The van der Waals surface area contributed by atoms with Gasteiger partial charge >= 0.3 is 0 Å². The van der Waals surface area contributed by atoms with Crippen molar-refractivity contribution in [1.29, 1.82) is 0 Å². The number of hydrogen-bond acceptors (Lipinski definition) is 1. The molecule has 0 unspecified atom stereocenters. The number of rotatable bonds is 17. The maximum absolute atomic E-state index is 2.29. The molecular weight excluding hydrogens is 338 g/mol. The molecular formula is C27H51N. The molecule has 28 heavy (non-hydrogen) atoms. The van der Waals surface area contributed by atoms with E-state index in [2.05, 4.69) is 57.1 Å². The fourth-order valence-electron chi connectivity index (χ4n) is 3.57. The van der Waals surface area contributed by atoms with Crippen LogP contribution in [0.1, 0.15) is 122 Å². The molecule has 1 rings (SSSR count). The molecule has 0 aliphatic carbocycles. The van der Waals surface area contributed by atoms with E-state index in [9.17, 15) is 0 Å². The van der Waals surface area contributed by atoms with Gasteiger partial charge in [0.05, 0.1) is 0 Å². The minimum Gasteiger partial charge on any atom is -0.305 e. The van der Waals surface area contributed by atoms with Crippen molar-refractivity contribution in [1.82, 2.24) is 4.90 Å². The van der Waals surface area contributed by atoms with E-state index in [1.165, 1.54) is 108 Å². The Labute approximate surface area is 178 Å². The Morgan fingerprint density at radius 3 is 1.11 bits per heavy atom. The van der Waals surface area contributed by atoms with Crippen LogP contribution in [0, 0.1) is 0 Å². The van der Waals surface area contributed by atoms with Gasteiger partial charge in [-0.3, -0.25) is 0 Å². The molecule has 0 fully saturated rings.